The van der Waals surface area contributed by atoms with E-state index in [0.717, 1.165) is 84.9 Å². The van der Waals surface area contributed by atoms with Gasteiger partial charge in [-0.3, -0.25) is 4.79 Å². The summed E-state index contributed by atoms with van der Waals surface area (Å²) in [6.07, 6.45) is 2.09. The number of imidazole rings is 1. The van der Waals surface area contributed by atoms with Crippen LogP contribution in [-0.2, 0) is 26.4 Å². The Morgan fingerprint density at radius 3 is 2.79 bits per heavy atom. The van der Waals surface area contributed by atoms with Crippen molar-refractivity contribution in [3.63, 3.8) is 0 Å². The van der Waals surface area contributed by atoms with Gasteiger partial charge in [0.2, 0.25) is 0 Å². The molecule has 4 heterocycles. The molecule has 1 amide bonds. The molecule has 6 rings (SSSR count). The fourth-order valence-electron chi connectivity index (χ4n) is 6.29. The molecule has 9 heteroatoms. The number of aromatic nitrogens is 2. The molecule has 3 aromatic rings. The Labute approximate surface area is 229 Å². The molecule has 9 nitrogen and oxygen atoms in total. The van der Waals surface area contributed by atoms with Crippen LogP contribution in [0.15, 0.2) is 36.4 Å². The molecule has 3 aliphatic heterocycles. The van der Waals surface area contributed by atoms with Crippen LogP contribution in [0.4, 0.5) is 11.4 Å². The summed E-state index contributed by atoms with van der Waals surface area (Å²) < 4.78 is 1.95. The smallest absolute Gasteiger partial charge is 0.294 e. The number of aliphatic hydroxyl groups is 2. The van der Waals surface area contributed by atoms with Gasteiger partial charge >= 0.3 is 0 Å². The molecule has 1 fully saturated rings. The molecule has 1 saturated heterocycles. The molecule has 0 saturated carbocycles. The maximum Gasteiger partial charge on any atom is 0.294 e. The Kier molecular flexibility index (Phi) is 7.16. The van der Waals surface area contributed by atoms with Crippen molar-refractivity contribution < 1.29 is 15.0 Å². The van der Waals surface area contributed by atoms with Crippen LogP contribution >= 0.6 is 0 Å². The van der Waals surface area contributed by atoms with Crippen molar-refractivity contribution in [1.29, 1.82) is 0 Å². The van der Waals surface area contributed by atoms with Gasteiger partial charge in [0.15, 0.2) is 5.82 Å². The van der Waals surface area contributed by atoms with Gasteiger partial charge in [-0.1, -0.05) is 24.3 Å². The van der Waals surface area contributed by atoms with Crippen molar-refractivity contribution in [1.82, 2.24) is 19.8 Å². The largest absolute Gasteiger partial charge is 0.392 e. The number of amides is 1. The molecule has 1 aromatic heterocycles. The van der Waals surface area contributed by atoms with Gasteiger partial charge in [-0.2, -0.15) is 0 Å². The lowest BCUT2D eigenvalue weighted by molar-refractivity contribution is 0.0976. The van der Waals surface area contributed by atoms with Crippen LogP contribution < -0.4 is 15.5 Å². The number of nitrogens with zero attached hydrogens (tertiary/aromatic N) is 4. The number of anilines is 2. The van der Waals surface area contributed by atoms with E-state index in [1.165, 1.54) is 5.56 Å². The van der Waals surface area contributed by atoms with Gasteiger partial charge in [0.05, 0.1) is 17.5 Å². The Hall–Kier alpha value is -3.24. The van der Waals surface area contributed by atoms with Crippen LogP contribution in [0.2, 0.25) is 0 Å². The second-order valence-electron chi connectivity index (χ2n) is 11.0. The lowest BCUT2D eigenvalue weighted by Crippen LogP contribution is -2.31. The molecule has 0 spiro atoms. The van der Waals surface area contributed by atoms with Crippen LogP contribution in [0, 0.1) is 6.92 Å². The zero-order chi connectivity index (χ0) is 27.1. The zero-order valence-electron chi connectivity index (χ0n) is 22.8. The number of β-amino-alcohol motifs (C(OH)–C–C–N with tert-alkyl or cyclic N) is 1. The van der Waals surface area contributed by atoms with Crippen molar-refractivity contribution in [2.75, 3.05) is 42.9 Å². The Balaban J connectivity index is 1.22. The van der Waals surface area contributed by atoms with E-state index in [9.17, 15) is 15.0 Å². The quantitative estimate of drug-likeness (QED) is 0.348. The fraction of sp³-hybridized carbons (Fsp3) is 0.467. The third kappa shape index (κ3) is 4.96. The van der Waals surface area contributed by atoms with Crippen molar-refractivity contribution >= 4 is 17.3 Å². The van der Waals surface area contributed by atoms with Crippen LogP contribution in [0.5, 0.6) is 0 Å². The second kappa shape index (κ2) is 10.7. The topological polar surface area (TPSA) is 106 Å². The molecule has 0 radical (unpaired) electrons. The van der Waals surface area contributed by atoms with E-state index in [1.807, 2.05) is 40.8 Å². The number of hydrogen-bond acceptors (Lipinski definition) is 7. The highest BCUT2D eigenvalue weighted by Crippen LogP contribution is 2.39. The summed E-state index contributed by atoms with van der Waals surface area (Å²) in [6.45, 7) is 6.63. The van der Waals surface area contributed by atoms with Gasteiger partial charge in [-0.25, -0.2) is 4.98 Å². The summed E-state index contributed by atoms with van der Waals surface area (Å²) in [6, 6.07) is 12.3. The van der Waals surface area contributed by atoms with E-state index >= 15 is 0 Å². The molecule has 39 heavy (non-hydrogen) atoms. The number of benzene rings is 2. The third-order valence-corrected chi connectivity index (χ3v) is 8.50. The van der Waals surface area contributed by atoms with Gasteiger partial charge in [0, 0.05) is 70.5 Å². The zero-order valence-corrected chi connectivity index (χ0v) is 22.8. The van der Waals surface area contributed by atoms with Gasteiger partial charge in [-0.15, -0.1) is 0 Å². The average Bonchev–Trinajstić information content (AvgIpc) is 3.65. The minimum absolute atomic E-state index is 0.0522. The van der Waals surface area contributed by atoms with E-state index < -0.39 is 6.23 Å². The summed E-state index contributed by atoms with van der Waals surface area (Å²) in [5, 5.41) is 27.1. The van der Waals surface area contributed by atoms with Gasteiger partial charge in [0.1, 0.15) is 6.23 Å². The monoisotopic (exact) mass is 530 g/mol. The van der Waals surface area contributed by atoms with Crippen LogP contribution in [-0.4, -0.2) is 75.6 Å². The van der Waals surface area contributed by atoms with E-state index in [4.69, 9.17) is 4.98 Å². The predicted octanol–water partition coefficient (Wildman–Crippen LogP) is 2.43. The highest BCUT2D eigenvalue weighted by atomic mass is 16.3. The molecule has 0 aliphatic carbocycles. The van der Waals surface area contributed by atoms with Crippen LogP contribution in [0.3, 0.4) is 0 Å². The summed E-state index contributed by atoms with van der Waals surface area (Å²) in [4.78, 5) is 22.5. The van der Waals surface area contributed by atoms with Gasteiger partial charge in [0.25, 0.3) is 5.91 Å². The molecular weight excluding hydrogens is 492 g/mol. The number of aliphatic hydroxyl groups excluding tert-OH is 2. The molecule has 2 unspecified atom stereocenters. The standard InChI is InChI=1S/C30H38N6O3/c1-19-21(5-3-7-24(19)32-28(38)12-15-35-14-10-20(37)18-35)22-6-4-8-26-23(22)11-16-36(26)30(39)29-33-25-9-13-31-17-27(25)34(29)2/h3-8,20,28,31-32,37-38H,9-18H2,1-2H3. The summed E-state index contributed by atoms with van der Waals surface area (Å²) in [5.41, 5.74) is 8.41. The third-order valence-electron chi connectivity index (χ3n) is 8.50. The first-order valence-corrected chi connectivity index (χ1v) is 14.0. The Bertz CT molecular complexity index is 1390. The minimum Gasteiger partial charge on any atom is -0.392 e. The van der Waals surface area contributed by atoms with Crippen molar-refractivity contribution in [2.45, 2.75) is 51.5 Å². The Morgan fingerprint density at radius 2 is 2.00 bits per heavy atom. The first-order valence-electron chi connectivity index (χ1n) is 14.0. The van der Waals surface area contributed by atoms with E-state index in [0.29, 0.717) is 25.3 Å². The molecule has 3 aliphatic rings. The number of rotatable bonds is 7. The SMILES string of the molecule is Cc1c(NC(O)CCN2CCC(O)C2)cccc1-c1cccc2c1CCN2C(=O)c1nc2c(n1C)CNCC2. The van der Waals surface area contributed by atoms with Crippen LogP contribution in [0.25, 0.3) is 11.1 Å². The number of nitrogens with one attached hydrogen (secondary N) is 2. The highest BCUT2D eigenvalue weighted by molar-refractivity contribution is 6.06. The summed E-state index contributed by atoms with van der Waals surface area (Å²) >= 11 is 0. The lowest BCUT2D eigenvalue weighted by atomic mass is 9.93. The number of fused-ring (bicyclic) bond motifs is 2. The average molecular weight is 531 g/mol. The molecular formula is C30H38N6O3. The molecule has 2 aromatic carbocycles. The maximum atomic E-state index is 13.7. The van der Waals surface area contributed by atoms with Gasteiger partial charge < -0.3 is 35.2 Å². The summed E-state index contributed by atoms with van der Waals surface area (Å²) in [5.74, 6) is 0.449. The number of carbonyl (C=O) groups excluding carboxylic acids is 1. The minimum atomic E-state index is -0.676. The first-order chi connectivity index (χ1) is 18.9. The predicted molar refractivity (Wildman–Crippen MR) is 152 cm³/mol. The summed E-state index contributed by atoms with van der Waals surface area (Å²) in [7, 11) is 1.93. The highest BCUT2D eigenvalue weighted by Gasteiger charge is 2.32. The van der Waals surface area contributed by atoms with Crippen LogP contribution in [0.1, 0.15) is 46.0 Å². The molecule has 2 atom stereocenters. The van der Waals surface area contributed by atoms with Crippen molar-refractivity contribution in [3.05, 3.63) is 64.7 Å². The van der Waals surface area contributed by atoms with E-state index in [2.05, 4.69) is 34.6 Å². The first kappa shape index (κ1) is 26.0. The lowest BCUT2D eigenvalue weighted by Gasteiger charge is -2.21. The maximum absolute atomic E-state index is 13.7. The normalized spacial score (nSPS) is 19.7. The van der Waals surface area contributed by atoms with Gasteiger partial charge in [-0.05, 0) is 54.2 Å². The second-order valence-corrected chi connectivity index (χ2v) is 11.0. The number of hydrogen-bond donors (Lipinski definition) is 4. The van der Waals surface area contributed by atoms with E-state index in [1.54, 1.807) is 0 Å². The number of carbonyl (C=O) groups is 1. The Morgan fingerprint density at radius 1 is 1.18 bits per heavy atom. The number of likely N-dealkylation sites (tertiary alicyclic amines) is 1. The molecule has 0 bridgehead atoms. The molecule has 4 N–H and O–H groups in total. The van der Waals surface area contributed by atoms with Crippen molar-refractivity contribution in [3.8, 4) is 11.1 Å². The molecule has 206 valence electrons. The fourth-order valence-corrected chi connectivity index (χ4v) is 6.29. The van der Waals surface area contributed by atoms with E-state index in [-0.39, 0.29) is 12.0 Å². The van der Waals surface area contributed by atoms with Crippen molar-refractivity contribution in [2.24, 2.45) is 7.05 Å².